The Morgan fingerprint density at radius 3 is 3.05 bits per heavy atom. The molecule has 1 N–H and O–H groups in total. The SMILES string of the molecule is COCCNCC1(Cc2cnc(C)s2)CCOC1C1CC1. The predicted octanol–water partition coefficient (Wildman–Crippen LogP) is 2.42. The number of hydrogen-bond acceptors (Lipinski definition) is 5. The van der Waals surface area contributed by atoms with Crippen molar-refractivity contribution in [2.45, 2.75) is 38.7 Å². The van der Waals surface area contributed by atoms with Crippen LogP contribution in [0.4, 0.5) is 0 Å². The van der Waals surface area contributed by atoms with Gasteiger partial charge in [0.2, 0.25) is 0 Å². The minimum absolute atomic E-state index is 0.244. The van der Waals surface area contributed by atoms with Crippen molar-refractivity contribution in [3.8, 4) is 0 Å². The maximum Gasteiger partial charge on any atom is 0.0896 e. The van der Waals surface area contributed by atoms with Crippen LogP contribution in [0.2, 0.25) is 0 Å². The number of hydrogen-bond donors (Lipinski definition) is 1. The second kappa shape index (κ2) is 6.73. The molecule has 1 aromatic rings. The molecule has 21 heavy (non-hydrogen) atoms. The van der Waals surface area contributed by atoms with Gasteiger partial charge >= 0.3 is 0 Å². The summed E-state index contributed by atoms with van der Waals surface area (Å²) in [6.45, 7) is 5.70. The summed E-state index contributed by atoms with van der Waals surface area (Å²) in [6, 6.07) is 0. The van der Waals surface area contributed by atoms with Crippen molar-refractivity contribution in [3.63, 3.8) is 0 Å². The van der Waals surface area contributed by atoms with Crippen molar-refractivity contribution in [1.82, 2.24) is 10.3 Å². The van der Waals surface area contributed by atoms with Crippen LogP contribution < -0.4 is 5.32 Å². The molecule has 4 nitrogen and oxygen atoms in total. The third-order valence-corrected chi connectivity index (χ3v) is 5.62. The molecule has 2 fully saturated rings. The van der Waals surface area contributed by atoms with Gasteiger partial charge in [-0.05, 0) is 38.5 Å². The lowest BCUT2D eigenvalue weighted by molar-refractivity contribution is 0.0303. The summed E-state index contributed by atoms with van der Waals surface area (Å²) in [5, 5.41) is 4.75. The molecule has 0 radical (unpaired) electrons. The van der Waals surface area contributed by atoms with Crippen molar-refractivity contribution in [2.75, 3.05) is 33.4 Å². The quantitative estimate of drug-likeness (QED) is 0.749. The first-order valence-corrected chi connectivity index (χ1v) is 8.78. The van der Waals surface area contributed by atoms with Crippen LogP contribution in [0, 0.1) is 18.3 Å². The first-order valence-electron chi connectivity index (χ1n) is 7.96. The summed E-state index contributed by atoms with van der Waals surface area (Å²) < 4.78 is 11.3. The number of methoxy groups -OCH3 is 1. The average molecular weight is 310 g/mol. The number of thiazole rings is 1. The molecule has 2 aliphatic rings. The summed E-state index contributed by atoms with van der Waals surface area (Å²) in [4.78, 5) is 5.82. The van der Waals surface area contributed by atoms with E-state index in [2.05, 4.69) is 23.4 Å². The van der Waals surface area contributed by atoms with E-state index in [-0.39, 0.29) is 5.41 Å². The number of aromatic nitrogens is 1. The molecule has 2 heterocycles. The molecular formula is C16H26N2O2S. The van der Waals surface area contributed by atoms with Gasteiger partial charge in [0, 0.05) is 43.3 Å². The highest BCUT2D eigenvalue weighted by Crippen LogP contribution is 2.49. The van der Waals surface area contributed by atoms with Crippen LogP contribution in [0.1, 0.15) is 29.1 Å². The normalized spacial score (nSPS) is 29.1. The molecule has 0 spiro atoms. The second-order valence-electron chi connectivity index (χ2n) is 6.43. The fourth-order valence-corrected chi connectivity index (χ4v) is 4.48. The summed E-state index contributed by atoms with van der Waals surface area (Å²) >= 11 is 1.83. The molecular weight excluding hydrogens is 284 g/mol. The second-order valence-corrected chi connectivity index (χ2v) is 7.75. The lowest BCUT2D eigenvalue weighted by atomic mass is 9.75. The largest absolute Gasteiger partial charge is 0.383 e. The van der Waals surface area contributed by atoms with Crippen LogP contribution in [0.15, 0.2) is 6.20 Å². The summed E-state index contributed by atoms with van der Waals surface area (Å²) in [5.74, 6) is 0.783. The molecule has 3 rings (SSSR count). The van der Waals surface area contributed by atoms with Gasteiger partial charge in [0.1, 0.15) is 0 Å². The molecule has 1 aliphatic heterocycles. The van der Waals surface area contributed by atoms with Gasteiger partial charge in [-0.1, -0.05) is 0 Å². The molecule has 0 amide bonds. The standard InChI is InChI=1S/C16H26N2O2S/c1-12-18-10-14(21-12)9-16(11-17-6-8-19-2)5-7-20-15(16)13-3-4-13/h10,13,15,17H,3-9,11H2,1-2H3. The topological polar surface area (TPSA) is 43.4 Å². The lowest BCUT2D eigenvalue weighted by Crippen LogP contribution is -2.44. The van der Waals surface area contributed by atoms with Crippen LogP contribution >= 0.6 is 11.3 Å². The smallest absolute Gasteiger partial charge is 0.0896 e. The number of ether oxygens (including phenoxy) is 2. The molecule has 0 bridgehead atoms. The highest BCUT2D eigenvalue weighted by molar-refractivity contribution is 7.11. The fourth-order valence-electron chi connectivity index (χ4n) is 3.53. The van der Waals surface area contributed by atoms with E-state index in [9.17, 15) is 0 Å². The predicted molar refractivity (Wildman–Crippen MR) is 84.8 cm³/mol. The fraction of sp³-hybridized carbons (Fsp3) is 0.812. The third kappa shape index (κ3) is 3.65. The average Bonchev–Trinajstić information content (AvgIpc) is 3.11. The Bertz CT molecular complexity index is 461. The zero-order valence-electron chi connectivity index (χ0n) is 13.1. The van der Waals surface area contributed by atoms with E-state index in [1.165, 1.54) is 17.7 Å². The number of nitrogens with zero attached hydrogens (tertiary/aromatic N) is 1. The summed E-state index contributed by atoms with van der Waals surface area (Å²) in [7, 11) is 1.75. The lowest BCUT2D eigenvalue weighted by Gasteiger charge is -2.34. The molecule has 2 atom stereocenters. The highest BCUT2D eigenvalue weighted by atomic mass is 32.1. The van der Waals surface area contributed by atoms with E-state index in [0.717, 1.165) is 50.1 Å². The van der Waals surface area contributed by atoms with Crippen LogP contribution in [-0.4, -0.2) is 44.5 Å². The van der Waals surface area contributed by atoms with E-state index in [1.54, 1.807) is 7.11 Å². The van der Waals surface area contributed by atoms with E-state index in [1.807, 2.05) is 11.3 Å². The molecule has 2 unspecified atom stereocenters. The van der Waals surface area contributed by atoms with Gasteiger partial charge in [-0.3, -0.25) is 0 Å². The van der Waals surface area contributed by atoms with Gasteiger partial charge < -0.3 is 14.8 Å². The Balaban J connectivity index is 1.70. The first-order chi connectivity index (χ1) is 10.2. The Kier molecular flexibility index (Phi) is 4.94. The van der Waals surface area contributed by atoms with E-state index in [4.69, 9.17) is 9.47 Å². The summed E-state index contributed by atoms with van der Waals surface area (Å²) in [6.07, 6.45) is 7.41. The van der Waals surface area contributed by atoms with E-state index in [0.29, 0.717) is 6.10 Å². The van der Waals surface area contributed by atoms with Crippen LogP contribution in [0.25, 0.3) is 0 Å². The van der Waals surface area contributed by atoms with Crippen molar-refractivity contribution in [2.24, 2.45) is 11.3 Å². The molecule has 1 aliphatic carbocycles. The van der Waals surface area contributed by atoms with Gasteiger partial charge in [-0.15, -0.1) is 11.3 Å². The maximum absolute atomic E-state index is 6.14. The monoisotopic (exact) mass is 310 g/mol. The Morgan fingerprint density at radius 1 is 1.52 bits per heavy atom. The molecule has 5 heteroatoms. The van der Waals surface area contributed by atoms with Crippen LogP contribution in [0.3, 0.4) is 0 Å². The van der Waals surface area contributed by atoms with Gasteiger partial charge in [-0.25, -0.2) is 4.98 Å². The molecule has 0 aromatic carbocycles. The van der Waals surface area contributed by atoms with Crippen molar-refractivity contribution in [1.29, 1.82) is 0 Å². The highest BCUT2D eigenvalue weighted by Gasteiger charge is 2.50. The summed E-state index contributed by atoms with van der Waals surface area (Å²) in [5.41, 5.74) is 0.244. The minimum Gasteiger partial charge on any atom is -0.383 e. The van der Waals surface area contributed by atoms with Gasteiger partial charge in [0.15, 0.2) is 0 Å². The zero-order valence-corrected chi connectivity index (χ0v) is 13.9. The van der Waals surface area contributed by atoms with Gasteiger partial charge in [0.25, 0.3) is 0 Å². The van der Waals surface area contributed by atoms with Crippen molar-refractivity contribution >= 4 is 11.3 Å². The van der Waals surface area contributed by atoms with Crippen LogP contribution in [-0.2, 0) is 15.9 Å². The molecule has 1 saturated carbocycles. The van der Waals surface area contributed by atoms with Gasteiger partial charge in [-0.2, -0.15) is 0 Å². The minimum atomic E-state index is 0.244. The van der Waals surface area contributed by atoms with Gasteiger partial charge in [0.05, 0.1) is 17.7 Å². The maximum atomic E-state index is 6.14. The van der Waals surface area contributed by atoms with Crippen LogP contribution in [0.5, 0.6) is 0 Å². The zero-order chi connectivity index (χ0) is 14.7. The number of aryl methyl sites for hydroxylation is 1. The third-order valence-electron chi connectivity index (χ3n) is 4.71. The Labute approximate surface area is 131 Å². The van der Waals surface area contributed by atoms with Crippen molar-refractivity contribution in [3.05, 3.63) is 16.1 Å². The van der Waals surface area contributed by atoms with E-state index < -0.39 is 0 Å². The Morgan fingerprint density at radius 2 is 2.38 bits per heavy atom. The van der Waals surface area contributed by atoms with Crippen molar-refractivity contribution < 1.29 is 9.47 Å². The molecule has 1 saturated heterocycles. The first kappa shape index (κ1) is 15.4. The Hall–Kier alpha value is -0.490. The molecule has 1 aromatic heterocycles. The van der Waals surface area contributed by atoms with E-state index >= 15 is 0 Å². The number of rotatable bonds is 8. The number of nitrogens with one attached hydrogen (secondary N) is 1. The molecule has 118 valence electrons.